The maximum atomic E-state index is 12.0. The number of hydrogen-bond acceptors (Lipinski definition) is 5. The molecule has 0 bridgehead atoms. The van der Waals surface area contributed by atoms with Gasteiger partial charge in [-0.3, -0.25) is 4.98 Å². The smallest absolute Gasteiger partial charge is 0.319 e. The number of oxime groups is 1. The molecule has 4 rings (SSSR count). The molecule has 7 heteroatoms. The van der Waals surface area contributed by atoms with E-state index >= 15 is 0 Å². The lowest BCUT2D eigenvalue weighted by molar-refractivity contribution is 0.0472. The number of benzene rings is 2. The first kappa shape index (κ1) is 19.4. The van der Waals surface area contributed by atoms with Gasteiger partial charge in [0.05, 0.1) is 24.1 Å². The quantitative estimate of drug-likeness (QED) is 0.623. The lowest BCUT2D eigenvalue weighted by Gasteiger charge is -2.14. The van der Waals surface area contributed by atoms with E-state index in [1.807, 2.05) is 42.5 Å². The molecule has 0 spiro atoms. The number of carbonyl (C=O) groups excluding carboxylic acids is 1. The second-order valence-electron chi connectivity index (χ2n) is 6.81. The summed E-state index contributed by atoms with van der Waals surface area (Å²) in [6, 6.07) is 21.2. The van der Waals surface area contributed by atoms with Crippen LogP contribution in [0.1, 0.15) is 6.42 Å². The molecule has 0 fully saturated rings. The lowest BCUT2D eigenvalue weighted by atomic mass is 10.0. The van der Waals surface area contributed by atoms with Crippen molar-refractivity contribution >= 4 is 17.4 Å². The Labute approximate surface area is 174 Å². The summed E-state index contributed by atoms with van der Waals surface area (Å²) in [5, 5.41) is 9.55. The summed E-state index contributed by atoms with van der Waals surface area (Å²) in [6.07, 6.45) is 3.64. The third kappa shape index (κ3) is 5.14. The normalized spacial score (nSPS) is 15.1. The molecule has 2 N–H and O–H groups in total. The van der Waals surface area contributed by atoms with E-state index in [0.717, 1.165) is 22.6 Å². The molecule has 0 saturated carbocycles. The van der Waals surface area contributed by atoms with Crippen molar-refractivity contribution < 1.29 is 14.4 Å². The van der Waals surface area contributed by atoms with Crippen molar-refractivity contribution in [1.82, 2.24) is 10.3 Å². The van der Waals surface area contributed by atoms with Crippen molar-refractivity contribution in [3.8, 4) is 16.9 Å². The minimum absolute atomic E-state index is 0.188. The number of ether oxygens (including phenoxy) is 1. The topological polar surface area (TPSA) is 84.8 Å². The monoisotopic (exact) mass is 402 g/mol. The molecule has 1 aliphatic rings. The van der Waals surface area contributed by atoms with Crippen LogP contribution >= 0.6 is 0 Å². The first-order valence-corrected chi connectivity index (χ1v) is 9.71. The van der Waals surface area contributed by atoms with Crippen LogP contribution in [0.25, 0.3) is 11.1 Å². The van der Waals surface area contributed by atoms with Gasteiger partial charge in [-0.2, -0.15) is 0 Å². The summed E-state index contributed by atoms with van der Waals surface area (Å²) in [5.74, 6) is 0.801. The minimum Gasteiger partial charge on any atom is -0.489 e. The van der Waals surface area contributed by atoms with Crippen molar-refractivity contribution in [1.29, 1.82) is 0 Å². The number of pyridine rings is 1. The molecule has 2 heterocycles. The fourth-order valence-corrected chi connectivity index (χ4v) is 3.11. The highest BCUT2D eigenvalue weighted by Gasteiger charge is 2.22. The van der Waals surface area contributed by atoms with Gasteiger partial charge in [0.1, 0.15) is 12.4 Å². The Morgan fingerprint density at radius 3 is 2.73 bits per heavy atom. The molecule has 1 unspecified atom stereocenters. The molecule has 1 aromatic heterocycles. The molecule has 30 heavy (non-hydrogen) atoms. The van der Waals surface area contributed by atoms with Gasteiger partial charge < -0.3 is 20.2 Å². The molecule has 0 saturated heterocycles. The summed E-state index contributed by atoms with van der Waals surface area (Å²) in [6.45, 7) is 0.682. The number of amides is 2. The summed E-state index contributed by atoms with van der Waals surface area (Å²) in [7, 11) is 0. The Morgan fingerprint density at radius 2 is 1.90 bits per heavy atom. The van der Waals surface area contributed by atoms with Gasteiger partial charge in [-0.15, -0.1) is 0 Å². The molecular weight excluding hydrogens is 380 g/mol. The number of nitrogens with zero attached hydrogens (tertiary/aromatic N) is 2. The van der Waals surface area contributed by atoms with E-state index in [2.05, 4.69) is 32.9 Å². The van der Waals surface area contributed by atoms with Crippen molar-refractivity contribution in [2.24, 2.45) is 5.16 Å². The second-order valence-corrected chi connectivity index (χ2v) is 6.81. The number of anilines is 1. The summed E-state index contributed by atoms with van der Waals surface area (Å²) >= 11 is 0. The number of carbonyl (C=O) groups is 1. The molecule has 152 valence electrons. The molecular formula is C23H22N4O3. The molecule has 1 atom stereocenters. The highest BCUT2D eigenvalue weighted by Crippen LogP contribution is 2.30. The first-order valence-electron chi connectivity index (χ1n) is 9.71. The standard InChI is InChI=1S/C23H22N4O3/c28-23(26-18-9-6-12-24-14-18)25-15-19-13-20(30-27-19)16-29-22-11-5-4-10-21(22)17-7-2-1-3-8-17/h1-12,14,20H,13,15-16H2,(H2,25,26,28). The van der Waals surface area contributed by atoms with Gasteiger partial charge in [0, 0.05) is 18.2 Å². The fraction of sp³-hybridized carbons (Fsp3) is 0.174. The third-order valence-corrected chi connectivity index (χ3v) is 4.56. The van der Waals surface area contributed by atoms with Gasteiger partial charge in [-0.25, -0.2) is 4.79 Å². The van der Waals surface area contributed by atoms with Crippen LogP contribution in [0.4, 0.5) is 10.5 Å². The SMILES string of the molecule is O=C(NCC1=NOC(COc2ccccc2-c2ccccc2)C1)Nc1cccnc1. The van der Waals surface area contributed by atoms with Gasteiger partial charge in [-0.05, 0) is 23.8 Å². The van der Waals surface area contributed by atoms with Crippen molar-refractivity contribution in [3.05, 3.63) is 79.1 Å². The van der Waals surface area contributed by atoms with Crippen molar-refractivity contribution in [2.45, 2.75) is 12.5 Å². The van der Waals surface area contributed by atoms with Crippen molar-refractivity contribution in [3.63, 3.8) is 0 Å². The van der Waals surface area contributed by atoms with Crippen LogP contribution in [0.2, 0.25) is 0 Å². The first-order chi connectivity index (χ1) is 14.8. The zero-order valence-electron chi connectivity index (χ0n) is 16.3. The lowest BCUT2D eigenvalue weighted by Crippen LogP contribution is -2.33. The van der Waals surface area contributed by atoms with E-state index in [1.165, 1.54) is 0 Å². The number of hydrogen-bond donors (Lipinski definition) is 2. The third-order valence-electron chi connectivity index (χ3n) is 4.56. The number of nitrogens with one attached hydrogen (secondary N) is 2. The highest BCUT2D eigenvalue weighted by molar-refractivity contribution is 5.94. The average molecular weight is 402 g/mol. The largest absolute Gasteiger partial charge is 0.489 e. The second kappa shape index (κ2) is 9.56. The Hall–Kier alpha value is -3.87. The molecule has 0 radical (unpaired) electrons. The zero-order chi connectivity index (χ0) is 20.6. The van der Waals surface area contributed by atoms with Gasteiger partial charge in [0.15, 0.2) is 6.10 Å². The molecule has 0 aliphatic carbocycles. The Morgan fingerprint density at radius 1 is 1.07 bits per heavy atom. The van der Waals surface area contributed by atoms with Crippen molar-refractivity contribution in [2.75, 3.05) is 18.5 Å². The Kier molecular flexibility index (Phi) is 6.19. The van der Waals surface area contributed by atoms with E-state index in [0.29, 0.717) is 25.3 Å². The molecule has 7 nitrogen and oxygen atoms in total. The van der Waals surface area contributed by atoms with Crippen LogP contribution in [-0.2, 0) is 4.84 Å². The van der Waals surface area contributed by atoms with Crippen LogP contribution in [0.3, 0.4) is 0 Å². The molecule has 2 amide bonds. The zero-order valence-corrected chi connectivity index (χ0v) is 16.3. The van der Waals surface area contributed by atoms with Gasteiger partial charge in [-0.1, -0.05) is 53.7 Å². The highest BCUT2D eigenvalue weighted by atomic mass is 16.7. The molecule has 3 aromatic rings. The van der Waals surface area contributed by atoms with E-state index < -0.39 is 0 Å². The van der Waals surface area contributed by atoms with Crippen LogP contribution < -0.4 is 15.4 Å². The van der Waals surface area contributed by atoms with Gasteiger partial charge in [0.2, 0.25) is 0 Å². The van der Waals surface area contributed by atoms with E-state index in [9.17, 15) is 4.79 Å². The number of aromatic nitrogens is 1. The van der Waals surface area contributed by atoms with Crippen LogP contribution in [0.15, 0.2) is 84.3 Å². The number of rotatable bonds is 7. The fourth-order valence-electron chi connectivity index (χ4n) is 3.11. The van der Waals surface area contributed by atoms with Gasteiger partial charge >= 0.3 is 6.03 Å². The Bertz CT molecular complexity index is 1010. The summed E-state index contributed by atoms with van der Waals surface area (Å²) in [4.78, 5) is 21.4. The maximum absolute atomic E-state index is 12.0. The molecule has 1 aliphatic heterocycles. The maximum Gasteiger partial charge on any atom is 0.319 e. The minimum atomic E-state index is -0.317. The summed E-state index contributed by atoms with van der Waals surface area (Å²) < 4.78 is 6.02. The van der Waals surface area contributed by atoms with E-state index in [-0.39, 0.29) is 12.1 Å². The predicted molar refractivity (Wildman–Crippen MR) is 116 cm³/mol. The van der Waals surface area contributed by atoms with Crippen LogP contribution in [-0.4, -0.2) is 36.0 Å². The summed E-state index contributed by atoms with van der Waals surface area (Å²) in [5.41, 5.74) is 3.52. The van der Waals surface area contributed by atoms with E-state index in [1.54, 1.807) is 24.5 Å². The predicted octanol–water partition coefficient (Wildman–Crippen LogP) is 4.09. The van der Waals surface area contributed by atoms with Crippen LogP contribution in [0, 0.1) is 0 Å². The van der Waals surface area contributed by atoms with Crippen LogP contribution in [0.5, 0.6) is 5.75 Å². The average Bonchev–Trinajstić information content (AvgIpc) is 3.26. The number of urea groups is 1. The Balaban J connectivity index is 1.24. The number of para-hydroxylation sites is 1. The van der Waals surface area contributed by atoms with E-state index in [4.69, 9.17) is 9.57 Å². The van der Waals surface area contributed by atoms with Gasteiger partial charge in [0.25, 0.3) is 0 Å². The molecule has 2 aromatic carbocycles.